The molecular formula is C23H30O5. The molecule has 0 aliphatic rings. The van der Waals surface area contributed by atoms with Crippen LogP contribution in [-0.4, -0.2) is 17.3 Å². The molecule has 28 heavy (non-hydrogen) atoms. The van der Waals surface area contributed by atoms with E-state index in [2.05, 4.69) is 19.9 Å². The van der Waals surface area contributed by atoms with Crippen molar-refractivity contribution in [2.45, 2.75) is 60.0 Å². The van der Waals surface area contributed by atoms with E-state index in [9.17, 15) is 9.90 Å². The SMILES string of the molecule is CC(C)=CCC/C(C)=C/COc1c(O)c(=O)oc2c(OC(C)(C)C)cccc12. The van der Waals surface area contributed by atoms with Crippen LogP contribution in [0, 0.1) is 0 Å². The summed E-state index contributed by atoms with van der Waals surface area (Å²) < 4.78 is 16.9. The second-order valence-corrected chi connectivity index (χ2v) is 8.10. The van der Waals surface area contributed by atoms with Gasteiger partial charge in [0.1, 0.15) is 12.2 Å². The van der Waals surface area contributed by atoms with Crippen LogP contribution in [0.4, 0.5) is 0 Å². The fourth-order valence-corrected chi connectivity index (χ4v) is 2.68. The van der Waals surface area contributed by atoms with Gasteiger partial charge in [0, 0.05) is 0 Å². The predicted octanol–water partition coefficient (Wildman–Crippen LogP) is 5.75. The zero-order valence-corrected chi connectivity index (χ0v) is 17.6. The maximum absolute atomic E-state index is 12.1. The molecule has 0 aliphatic heterocycles. The molecule has 5 heteroatoms. The number of ether oxygens (including phenoxy) is 2. The van der Waals surface area contributed by atoms with Crippen molar-refractivity contribution >= 4 is 11.0 Å². The summed E-state index contributed by atoms with van der Waals surface area (Å²) in [4.78, 5) is 12.1. The van der Waals surface area contributed by atoms with Gasteiger partial charge in [-0.1, -0.05) is 23.3 Å². The molecule has 0 saturated heterocycles. The molecule has 0 atom stereocenters. The van der Waals surface area contributed by atoms with E-state index in [1.54, 1.807) is 18.2 Å². The fourth-order valence-electron chi connectivity index (χ4n) is 2.68. The van der Waals surface area contributed by atoms with E-state index in [4.69, 9.17) is 13.9 Å². The van der Waals surface area contributed by atoms with E-state index in [0.717, 1.165) is 12.8 Å². The van der Waals surface area contributed by atoms with Crippen molar-refractivity contribution in [2.24, 2.45) is 0 Å². The molecule has 0 fully saturated rings. The van der Waals surface area contributed by atoms with Crippen LogP contribution in [0.2, 0.25) is 0 Å². The molecule has 152 valence electrons. The summed E-state index contributed by atoms with van der Waals surface area (Å²) in [6.45, 7) is 12.2. The van der Waals surface area contributed by atoms with Crippen LogP contribution in [0.25, 0.3) is 11.0 Å². The largest absolute Gasteiger partial charge is 0.499 e. The molecule has 2 aromatic rings. The van der Waals surface area contributed by atoms with Crippen molar-refractivity contribution in [2.75, 3.05) is 6.61 Å². The fraction of sp³-hybridized carbons (Fsp3) is 0.435. The van der Waals surface area contributed by atoms with Crippen LogP contribution in [0.1, 0.15) is 54.4 Å². The van der Waals surface area contributed by atoms with Gasteiger partial charge in [0.05, 0.1) is 5.39 Å². The molecule has 0 bridgehead atoms. The number of hydrogen-bond acceptors (Lipinski definition) is 5. The van der Waals surface area contributed by atoms with Gasteiger partial charge < -0.3 is 19.0 Å². The summed E-state index contributed by atoms with van der Waals surface area (Å²) in [5, 5.41) is 10.7. The van der Waals surface area contributed by atoms with E-state index >= 15 is 0 Å². The first-order valence-electron chi connectivity index (χ1n) is 9.48. The lowest BCUT2D eigenvalue weighted by Crippen LogP contribution is -2.23. The Balaban J connectivity index is 2.29. The number of allylic oxidation sites excluding steroid dienone is 3. The van der Waals surface area contributed by atoms with Gasteiger partial charge in [-0.15, -0.1) is 0 Å². The standard InChI is InChI=1S/C23H30O5/c1-15(2)9-7-10-16(3)13-14-26-21-17-11-8-12-18(28-23(4,5)6)20(17)27-22(25)19(21)24/h8-9,11-13,24H,7,10,14H2,1-6H3/b16-13+. The van der Waals surface area contributed by atoms with Crippen LogP contribution in [0.15, 0.2) is 50.7 Å². The first kappa shape index (κ1) is 21.6. The van der Waals surface area contributed by atoms with E-state index in [1.165, 1.54) is 11.1 Å². The molecule has 0 saturated carbocycles. The summed E-state index contributed by atoms with van der Waals surface area (Å²) in [6, 6.07) is 5.23. The van der Waals surface area contributed by atoms with E-state index in [-0.39, 0.29) is 17.9 Å². The number of para-hydroxylation sites is 1. The third-order valence-corrected chi connectivity index (χ3v) is 3.99. The monoisotopic (exact) mass is 386 g/mol. The van der Waals surface area contributed by atoms with Gasteiger partial charge in [0.25, 0.3) is 0 Å². The molecule has 1 aromatic heterocycles. The minimum Gasteiger partial charge on any atom is -0.499 e. The molecule has 1 N–H and O–H groups in total. The Kier molecular flexibility index (Phi) is 6.95. The normalized spacial score (nSPS) is 12.1. The number of benzene rings is 1. The molecule has 5 nitrogen and oxygen atoms in total. The van der Waals surface area contributed by atoms with Gasteiger partial charge in [-0.2, -0.15) is 0 Å². The molecule has 1 heterocycles. The zero-order chi connectivity index (χ0) is 20.9. The van der Waals surface area contributed by atoms with Crippen molar-refractivity contribution in [3.05, 3.63) is 51.9 Å². The summed E-state index contributed by atoms with van der Waals surface area (Å²) >= 11 is 0. The summed E-state index contributed by atoms with van der Waals surface area (Å²) in [6.07, 6.45) is 6.05. The topological polar surface area (TPSA) is 68.9 Å². The van der Waals surface area contributed by atoms with Crippen LogP contribution >= 0.6 is 0 Å². The smallest absolute Gasteiger partial charge is 0.382 e. The van der Waals surface area contributed by atoms with Crippen molar-refractivity contribution < 1.29 is 19.0 Å². The molecule has 0 spiro atoms. The highest BCUT2D eigenvalue weighted by atomic mass is 16.5. The van der Waals surface area contributed by atoms with Crippen LogP contribution in [-0.2, 0) is 0 Å². The third kappa shape index (κ3) is 5.91. The van der Waals surface area contributed by atoms with Gasteiger partial charge >= 0.3 is 5.63 Å². The molecule has 0 unspecified atom stereocenters. The van der Waals surface area contributed by atoms with Gasteiger partial charge in [-0.3, -0.25) is 0 Å². The summed E-state index contributed by atoms with van der Waals surface area (Å²) in [7, 11) is 0. The Bertz CT molecular complexity index is 938. The van der Waals surface area contributed by atoms with E-state index in [0.29, 0.717) is 11.1 Å². The maximum atomic E-state index is 12.1. The zero-order valence-electron chi connectivity index (χ0n) is 17.6. The Morgan fingerprint density at radius 3 is 2.54 bits per heavy atom. The van der Waals surface area contributed by atoms with Crippen molar-refractivity contribution in [1.82, 2.24) is 0 Å². The van der Waals surface area contributed by atoms with Crippen molar-refractivity contribution in [3.8, 4) is 17.2 Å². The summed E-state index contributed by atoms with van der Waals surface area (Å²) in [5.74, 6) is 0.00959. The average Bonchev–Trinajstić information content (AvgIpc) is 2.57. The second kappa shape index (κ2) is 9.00. The van der Waals surface area contributed by atoms with Crippen molar-refractivity contribution in [1.29, 1.82) is 0 Å². The highest BCUT2D eigenvalue weighted by Gasteiger charge is 2.20. The number of rotatable bonds is 7. The van der Waals surface area contributed by atoms with E-state index in [1.807, 2.05) is 33.8 Å². The van der Waals surface area contributed by atoms with Gasteiger partial charge in [0.2, 0.25) is 5.75 Å². The molecule has 0 aliphatic carbocycles. The molecule has 2 rings (SSSR count). The van der Waals surface area contributed by atoms with Crippen LogP contribution in [0.3, 0.4) is 0 Å². The van der Waals surface area contributed by atoms with Gasteiger partial charge in [0.15, 0.2) is 17.1 Å². The summed E-state index contributed by atoms with van der Waals surface area (Å²) in [5.41, 5.74) is 1.43. The molecule has 0 amide bonds. The quantitative estimate of drug-likeness (QED) is 0.485. The Labute approximate surface area is 166 Å². The Morgan fingerprint density at radius 2 is 1.89 bits per heavy atom. The average molecular weight is 386 g/mol. The van der Waals surface area contributed by atoms with Crippen LogP contribution < -0.4 is 15.1 Å². The van der Waals surface area contributed by atoms with Gasteiger partial charge in [-0.25, -0.2) is 4.79 Å². The minimum atomic E-state index is -0.850. The third-order valence-electron chi connectivity index (χ3n) is 3.99. The maximum Gasteiger partial charge on any atom is 0.382 e. The number of hydrogen-bond donors (Lipinski definition) is 1. The first-order chi connectivity index (χ1) is 13.1. The molecular weight excluding hydrogens is 356 g/mol. The second-order valence-electron chi connectivity index (χ2n) is 8.10. The Hall–Kier alpha value is -2.69. The highest BCUT2D eigenvalue weighted by Crippen LogP contribution is 2.37. The minimum absolute atomic E-state index is 0.110. The predicted molar refractivity (Wildman–Crippen MR) is 112 cm³/mol. The lowest BCUT2D eigenvalue weighted by molar-refractivity contribution is 0.131. The van der Waals surface area contributed by atoms with Crippen molar-refractivity contribution in [3.63, 3.8) is 0 Å². The van der Waals surface area contributed by atoms with Gasteiger partial charge in [-0.05, 0) is 72.6 Å². The molecule has 1 aromatic carbocycles. The first-order valence-corrected chi connectivity index (χ1v) is 9.48. The van der Waals surface area contributed by atoms with Crippen LogP contribution in [0.5, 0.6) is 17.2 Å². The molecule has 0 radical (unpaired) electrons. The number of aromatic hydroxyl groups is 1. The Morgan fingerprint density at radius 1 is 1.18 bits per heavy atom. The lowest BCUT2D eigenvalue weighted by atomic mass is 10.1. The lowest BCUT2D eigenvalue weighted by Gasteiger charge is -2.22. The highest BCUT2D eigenvalue weighted by molar-refractivity contribution is 5.89. The van der Waals surface area contributed by atoms with E-state index < -0.39 is 17.0 Å². The number of fused-ring (bicyclic) bond motifs is 1.